The highest BCUT2D eigenvalue weighted by Crippen LogP contribution is 2.26. The zero-order chi connectivity index (χ0) is 18.6. The second-order valence-electron chi connectivity index (χ2n) is 5.75. The smallest absolute Gasteiger partial charge is 0.212 e. The van der Waals surface area contributed by atoms with E-state index in [0.29, 0.717) is 11.6 Å². The zero-order valence-corrected chi connectivity index (χ0v) is 15.8. The van der Waals surface area contributed by atoms with E-state index < -0.39 is 0 Å². The molecule has 0 saturated heterocycles. The maximum Gasteiger partial charge on any atom is 0.212 e. The lowest BCUT2D eigenvalue weighted by Gasteiger charge is -2.14. The Labute approximate surface area is 161 Å². The Morgan fingerprint density at radius 3 is 2.52 bits per heavy atom. The topological polar surface area (TPSA) is 70.8 Å². The summed E-state index contributed by atoms with van der Waals surface area (Å²) in [6.07, 6.45) is 0. The molecule has 1 aliphatic heterocycles. The van der Waals surface area contributed by atoms with Crippen molar-refractivity contribution in [1.29, 1.82) is 0 Å². The van der Waals surface area contributed by atoms with Crippen LogP contribution >= 0.6 is 11.8 Å². The Morgan fingerprint density at radius 1 is 0.963 bits per heavy atom. The molecule has 27 heavy (non-hydrogen) atoms. The number of benzene rings is 2. The lowest BCUT2D eigenvalue weighted by Crippen LogP contribution is -2.15. The maximum absolute atomic E-state index is 5.83. The minimum absolute atomic E-state index is 0.260. The van der Waals surface area contributed by atoms with Crippen molar-refractivity contribution in [3.05, 3.63) is 59.9 Å². The first-order valence-corrected chi connectivity index (χ1v) is 9.31. The average molecular weight is 382 g/mol. The molecule has 8 heteroatoms. The number of ether oxygens (including phenoxy) is 3. The van der Waals surface area contributed by atoms with Crippen LogP contribution in [0.5, 0.6) is 17.2 Å². The van der Waals surface area contributed by atoms with Crippen molar-refractivity contribution in [2.24, 2.45) is 5.10 Å². The first-order chi connectivity index (χ1) is 13.3. The summed E-state index contributed by atoms with van der Waals surface area (Å²) in [6.45, 7) is 0.260. The predicted octanol–water partition coefficient (Wildman–Crippen LogP) is 3.23. The van der Waals surface area contributed by atoms with E-state index in [1.165, 1.54) is 0 Å². The molecule has 0 fully saturated rings. The number of fused-ring (bicyclic) bond motifs is 1. The number of methoxy groups -OCH3 is 2. The van der Waals surface area contributed by atoms with Crippen LogP contribution in [0.25, 0.3) is 0 Å². The number of thioether (sulfide) groups is 1. The predicted molar refractivity (Wildman–Crippen MR) is 103 cm³/mol. The van der Waals surface area contributed by atoms with Gasteiger partial charge in [0.15, 0.2) is 5.82 Å². The van der Waals surface area contributed by atoms with Gasteiger partial charge in [-0.05, 0) is 24.3 Å². The van der Waals surface area contributed by atoms with Gasteiger partial charge in [0.2, 0.25) is 5.16 Å². The SMILES string of the molecule is COc1cccc(OCc2nnc3n2N=C(c2cccc(OC)c2)CS3)c1. The van der Waals surface area contributed by atoms with Crippen LogP contribution in [0.1, 0.15) is 11.4 Å². The van der Waals surface area contributed by atoms with E-state index in [0.717, 1.165) is 33.7 Å². The van der Waals surface area contributed by atoms with Crippen LogP contribution in [0, 0.1) is 0 Å². The van der Waals surface area contributed by atoms with Gasteiger partial charge in [0.05, 0.1) is 19.9 Å². The summed E-state index contributed by atoms with van der Waals surface area (Å²) < 4.78 is 18.1. The van der Waals surface area contributed by atoms with Crippen LogP contribution in [-0.2, 0) is 6.61 Å². The van der Waals surface area contributed by atoms with Crippen molar-refractivity contribution in [2.45, 2.75) is 11.8 Å². The summed E-state index contributed by atoms with van der Waals surface area (Å²) in [6, 6.07) is 15.3. The summed E-state index contributed by atoms with van der Waals surface area (Å²) in [7, 11) is 3.28. The van der Waals surface area contributed by atoms with Crippen molar-refractivity contribution in [2.75, 3.05) is 20.0 Å². The first kappa shape index (κ1) is 17.4. The number of nitrogens with zero attached hydrogens (tertiary/aromatic N) is 4. The molecule has 0 unspecified atom stereocenters. The number of aromatic nitrogens is 3. The molecule has 4 rings (SSSR count). The monoisotopic (exact) mass is 382 g/mol. The molecule has 0 bridgehead atoms. The van der Waals surface area contributed by atoms with Crippen molar-refractivity contribution in [3.63, 3.8) is 0 Å². The van der Waals surface area contributed by atoms with Crippen LogP contribution in [0.3, 0.4) is 0 Å². The summed E-state index contributed by atoms with van der Waals surface area (Å²) in [5.74, 6) is 3.61. The Hall–Kier alpha value is -3.00. The van der Waals surface area contributed by atoms with Crippen molar-refractivity contribution in [1.82, 2.24) is 14.9 Å². The third-order valence-corrected chi connectivity index (χ3v) is 4.98. The van der Waals surface area contributed by atoms with Crippen LogP contribution in [0.15, 0.2) is 58.8 Å². The third-order valence-electron chi connectivity index (χ3n) is 4.05. The number of hydrogen-bond acceptors (Lipinski definition) is 7. The molecule has 1 aliphatic rings. The fraction of sp³-hybridized carbons (Fsp3) is 0.211. The molecule has 0 saturated carbocycles. The van der Waals surface area contributed by atoms with E-state index in [-0.39, 0.29) is 6.61 Å². The van der Waals surface area contributed by atoms with E-state index in [2.05, 4.69) is 10.2 Å². The molecule has 1 aromatic heterocycles. The second kappa shape index (κ2) is 7.71. The molecule has 2 aromatic carbocycles. The van der Waals surface area contributed by atoms with Gasteiger partial charge in [0, 0.05) is 17.4 Å². The van der Waals surface area contributed by atoms with Gasteiger partial charge in [-0.15, -0.1) is 10.2 Å². The zero-order valence-electron chi connectivity index (χ0n) is 15.0. The average Bonchev–Trinajstić information content (AvgIpc) is 3.14. The van der Waals surface area contributed by atoms with E-state index in [4.69, 9.17) is 19.3 Å². The van der Waals surface area contributed by atoms with Crippen molar-refractivity contribution < 1.29 is 14.2 Å². The Bertz CT molecular complexity index is 987. The van der Waals surface area contributed by atoms with Gasteiger partial charge in [-0.2, -0.15) is 9.78 Å². The molecule has 7 nitrogen and oxygen atoms in total. The minimum atomic E-state index is 0.260. The standard InChI is InChI=1S/C19H18N4O3S/c1-24-14-6-3-5-13(9-14)17-12-27-19-21-20-18(23(19)22-17)11-26-16-8-4-7-15(10-16)25-2/h3-10H,11-12H2,1-2H3. The molecule has 0 atom stereocenters. The van der Waals surface area contributed by atoms with Gasteiger partial charge >= 0.3 is 0 Å². The highest BCUT2D eigenvalue weighted by atomic mass is 32.2. The summed E-state index contributed by atoms with van der Waals surface area (Å²) in [5.41, 5.74) is 1.95. The highest BCUT2D eigenvalue weighted by Gasteiger charge is 2.20. The van der Waals surface area contributed by atoms with E-state index >= 15 is 0 Å². The fourth-order valence-corrected chi connectivity index (χ4v) is 3.50. The first-order valence-electron chi connectivity index (χ1n) is 8.33. The normalized spacial score (nSPS) is 12.9. The number of hydrogen-bond donors (Lipinski definition) is 0. The summed E-state index contributed by atoms with van der Waals surface area (Å²) in [4.78, 5) is 0. The fourth-order valence-electron chi connectivity index (χ4n) is 2.64. The molecule has 0 amide bonds. The van der Waals surface area contributed by atoms with Crippen LogP contribution in [0.4, 0.5) is 0 Å². The van der Waals surface area contributed by atoms with Gasteiger partial charge in [0.25, 0.3) is 0 Å². The largest absolute Gasteiger partial charge is 0.497 e. The van der Waals surface area contributed by atoms with E-state index in [1.807, 2.05) is 48.5 Å². The lowest BCUT2D eigenvalue weighted by molar-refractivity contribution is 0.288. The van der Waals surface area contributed by atoms with Crippen LogP contribution < -0.4 is 14.2 Å². The lowest BCUT2D eigenvalue weighted by atomic mass is 10.1. The molecule has 0 spiro atoms. The van der Waals surface area contributed by atoms with Gasteiger partial charge in [-0.1, -0.05) is 30.0 Å². The molecule has 138 valence electrons. The number of rotatable bonds is 6. The Morgan fingerprint density at radius 2 is 1.70 bits per heavy atom. The quantitative estimate of drug-likeness (QED) is 0.652. The third kappa shape index (κ3) is 3.75. The molecule has 2 heterocycles. The Balaban J connectivity index is 1.56. The molecular formula is C19H18N4O3S. The summed E-state index contributed by atoms with van der Waals surface area (Å²) in [5, 5.41) is 13.9. The van der Waals surface area contributed by atoms with Crippen LogP contribution in [-0.4, -0.2) is 40.6 Å². The van der Waals surface area contributed by atoms with E-state index in [9.17, 15) is 0 Å². The minimum Gasteiger partial charge on any atom is -0.497 e. The van der Waals surface area contributed by atoms with Crippen LogP contribution in [0.2, 0.25) is 0 Å². The molecule has 0 N–H and O–H groups in total. The van der Waals surface area contributed by atoms with Gasteiger partial charge in [-0.25, -0.2) is 0 Å². The molecule has 0 aliphatic carbocycles. The maximum atomic E-state index is 5.83. The van der Waals surface area contributed by atoms with E-state index in [1.54, 1.807) is 30.7 Å². The summed E-state index contributed by atoms with van der Waals surface area (Å²) >= 11 is 1.60. The highest BCUT2D eigenvalue weighted by molar-refractivity contribution is 7.99. The van der Waals surface area contributed by atoms with Gasteiger partial charge < -0.3 is 14.2 Å². The second-order valence-corrected chi connectivity index (χ2v) is 6.69. The molecule has 0 radical (unpaired) electrons. The van der Waals surface area contributed by atoms with Crippen molar-refractivity contribution in [3.8, 4) is 17.2 Å². The van der Waals surface area contributed by atoms with Gasteiger partial charge in [-0.3, -0.25) is 0 Å². The Kier molecular flexibility index (Phi) is 4.97. The van der Waals surface area contributed by atoms with Crippen molar-refractivity contribution >= 4 is 17.5 Å². The molecule has 3 aromatic rings. The molecular weight excluding hydrogens is 364 g/mol. The van der Waals surface area contributed by atoms with Gasteiger partial charge in [0.1, 0.15) is 23.9 Å².